The third-order valence-corrected chi connectivity index (χ3v) is 3.71. The van der Waals surface area contributed by atoms with Crippen molar-refractivity contribution < 1.29 is 25.2 Å². The minimum absolute atomic E-state index is 0.496. The van der Waals surface area contributed by atoms with E-state index in [1.54, 1.807) is 12.2 Å². The monoisotopic (exact) mass is 352 g/mol. The zero-order chi connectivity index (χ0) is 18.8. The predicted octanol–water partition coefficient (Wildman–Crippen LogP) is 4.66. The number of hydrogen-bond donors (Lipinski definition) is 3. The molecule has 0 aliphatic rings. The molecule has 5 nitrogen and oxygen atoms in total. The Balaban J connectivity index is 3.79. The van der Waals surface area contributed by atoms with Gasteiger partial charge in [-0.05, 0) is 25.7 Å². The lowest BCUT2D eigenvalue weighted by Crippen LogP contribution is -2.28. The number of unbranched alkanes of at least 4 members (excludes halogenated alkanes) is 4. The van der Waals surface area contributed by atoms with Crippen molar-refractivity contribution in [3.8, 4) is 0 Å². The van der Waals surface area contributed by atoms with Gasteiger partial charge in [-0.1, -0.05) is 75.1 Å². The second-order valence-corrected chi connectivity index (χ2v) is 5.89. The maximum absolute atomic E-state index is 10.2. The van der Waals surface area contributed by atoms with Crippen molar-refractivity contribution in [1.29, 1.82) is 0 Å². The van der Waals surface area contributed by atoms with Gasteiger partial charge in [-0.3, -0.25) is 5.26 Å². The Bertz CT molecular complexity index is 437. The molecule has 0 bridgehead atoms. The zero-order valence-electron chi connectivity index (χ0n) is 15.1. The minimum atomic E-state index is -0.962. The number of rotatable bonds is 15. The highest BCUT2D eigenvalue weighted by Crippen LogP contribution is 2.15. The molecule has 0 aromatic carbocycles. The molecule has 0 saturated heterocycles. The fraction of sp³-hybridized carbons (Fsp3) is 0.550. The first-order chi connectivity index (χ1) is 12.1. The molecule has 3 N–H and O–H groups in total. The van der Waals surface area contributed by atoms with Crippen molar-refractivity contribution in [2.75, 3.05) is 0 Å². The summed E-state index contributed by atoms with van der Waals surface area (Å²) >= 11 is 0. The zero-order valence-corrected chi connectivity index (χ0v) is 15.1. The van der Waals surface area contributed by atoms with Crippen LogP contribution < -0.4 is 0 Å². The van der Waals surface area contributed by atoms with Gasteiger partial charge in [-0.15, -0.1) is 0 Å². The quantitative estimate of drug-likeness (QED) is 0.131. The Hall–Kier alpha value is -1.69. The van der Waals surface area contributed by atoms with Crippen LogP contribution in [0, 0.1) is 0 Å². The van der Waals surface area contributed by atoms with Gasteiger partial charge >= 0.3 is 5.97 Å². The first-order valence-corrected chi connectivity index (χ1v) is 8.99. The number of allylic oxidation sites excluding steroid dienone is 7. The van der Waals surface area contributed by atoms with Crippen LogP contribution in [-0.4, -0.2) is 33.6 Å². The standard InChI is InChI=1S/C20H32O5/c1-2-3-12-15-18(21)19(25-24)16-13-10-8-6-4-5-7-9-11-14-17-20(22)23/h4-7,9,11,14,17-19,21,24H,2-3,8,10,12-13,15-16H2,1H3,(H,22,23). The summed E-state index contributed by atoms with van der Waals surface area (Å²) in [7, 11) is 0. The van der Waals surface area contributed by atoms with Gasteiger partial charge in [0.05, 0.1) is 6.10 Å². The van der Waals surface area contributed by atoms with Gasteiger partial charge in [-0.2, -0.15) is 0 Å². The van der Waals surface area contributed by atoms with Crippen LogP contribution in [0.5, 0.6) is 0 Å². The van der Waals surface area contributed by atoms with Gasteiger partial charge in [0, 0.05) is 6.08 Å². The molecule has 2 unspecified atom stereocenters. The number of carboxylic acid groups (broad SMARTS) is 1. The number of aliphatic hydroxyl groups is 1. The summed E-state index contributed by atoms with van der Waals surface area (Å²) in [5, 5.41) is 27.3. The van der Waals surface area contributed by atoms with E-state index in [1.165, 1.54) is 6.08 Å². The SMILES string of the molecule is CCCCCC(O)C(CCCCC=CC=CC=CC=CC(=O)O)OO. The van der Waals surface area contributed by atoms with Crippen LogP contribution in [0.15, 0.2) is 48.6 Å². The molecular formula is C20H32O5. The van der Waals surface area contributed by atoms with E-state index in [-0.39, 0.29) is 0 Å². The lowest BCUT2D eigenvalue weighted by Gasteiger charge is -2.19. The number of hydrogen-bond acceptors (Lipinski definition) is 4. The molecule has 5 heteroatoms. The fourth-order valence-electron chi connectivity index (χ4n) is 2.28. The number of aliphatic carboxylic acids is 1. The molecule has 0 aromatic rings. The van der Waals surface area contributed by atoms with Crippen molar-refractivity contribution >= 4 is 5.97 Å². The molecule has 0 fully saturated rings. The lowest BCUT2D eigenvalue weighted by molar-refractivity contribution is -0.298. The Morgan fingerprint density at radius 3 is 2.24 bits per heavy atom. The highest BCUT2D eigenvalue weighted by atomic mass is 17.1. The van der Waals surface area contributed by atoms with E-state index in [9.17, 15) is 9.90 Å². The third kappa shape index (κ3) is 15.6. The molecule has 0 radical (unpaired) electrons. The summed E-state index contributed by atoms with van der Waals surface area (Å²) in [6.07, 6.45) is 19.7. The van der Waals surface area contributed by atoms with Crippen molar-refractivity contribution in [2.24, 2.45) is 0 Å². The van der Waals surface area contributed by atoms with E-state index in [2.05, 4.69) is 11.8 Å². The molecule has 0 amide bonds. The third-order valence-electron chi connectivity index (χ3n) is 3.71. The predicted molar refractivity (Wildman–Crippen MR) is 100 cm³/mol. The average Bonchev–Trinajstić information content (AvgIpc) is 2.59. The maximum atomic E-state index is 10.2. The van der Waals surface area contributed by atoms with Crippen LogP contribution in [0.25, 0.3) is 0 Å². The van der Waals surface area contributed by atoms with E-state index >= 15 is 0 Å². The second kappa shape index (κ2) is 17.1. The van der Waals surface area contributed by atoms with Crippen LogP contribution >= 0.6 is 0 Å². The molecular weight excluding hydrogens is 320 g/mol. The van der Waals surface area contributed by atoms with E-state index in [0.29, 0.717) is 12.8 Å². The van der Waals surface area contributed by atoms with Crippen LogP contribution in [-0.2, 0) is 9.68 Å². The molecule has 0 saturated carbocycles. The second-order valence-electron chi connectivity index (χ2n) is 5.89. The van der Waals surface area contributed by atoms with E-state index in [1.807, 2.05) is 24.3 Å². The highest BCUT2D eigenvalue weighted by Gasteiger charge is 2.19. The Morgan fingerprint density at radius 1 is 0.960 bits per heavy atom. The van der Waals surface area contributed by atoms with Gasteiger partial charge in [0.15, 0.2) is 0 Å². The van der Waals surface area contributed by atoms with Gasteiger partial charge in [0.2, 0.25) is 0 Å². The van der Waals surface area contributed by atoms with Crippen LogP contribution in [0.3, 0.4) is 0 Å². The smallest absolute Gasteiger partial charge is 0.328 e. The van der Waals surface area contributed by atoms with Crippen LogP contribution in [0.4, 0.5) is 0 Å². The van der Waals surface area contributed by atoms with Crippen molar-refractivity contribution in [3.05, 3.63) is 48.6 Å². The van der Waals surface area contributed by atoms with E-state index in [0.717, 1.165) is 44.6 Å². The molecule has 142 valence electrons. The van der Waals surface area contributed by atoms with Gasteiger partial charge in [0.1, 0.15) is 6.10 Å². The summed E-state index contributed by atoms with van der Waals surface area (Å²) in [6.45, 7) is 2.11. The largest absolute Gasteiger partial charge is 0.478 e. The average molecular weight is 352 g/mol. The summed E-state index contributed by atoms with van der Waals surface area (Å²) in [5.41, 5.74) is 0. The maximum Gasteiger partial charge on any atom is 0.328 e. The number of aliphatic hydroxyl groups excluding tert-OH is 1. The molecule has 2 atom stereocenters. The first kappa shape index (κ1) is 23.3. The van der Waals surface area contributed by atoms with Crippen LogP contribution in [0.2, 0.25) is 0 Å². The topological polar surface area (TPSA) is 87.0 Å². The number of carboxylic acids is 1. The Morgan fingerprint density at radius 2 is 1.60 bits per heavy atom. The Kier molecular flexibility index (Phi) is 16.0. The number of carbonyl (C=O) groups is 1. The van der Waals surface area contributed by atoms with Crippen molar-refractivity contribution in [2.45, 2.75) is 70.5 Å². The van der Waals surface area contributed by atoms with Crippen LogP contribution in [0.1, 0.15) is 58.3 Å². The van der Waals surface area contributed by atoms with Crippen molar-refractivity contribution in [3.63, 3.8) is 0 Å². The van der Waals surface area contributed by atoms with Crippen molar-refractivity contribution in [1.82, 2.24) is 0 Å². The summed E-state index contributed by atoms with van der Waals surface area (Å²) in [6, 6.07) is 0. The molecule has 0 spiro atoms. The summed E-state index contributed by atoms with van der Waals surface area (Å²) in [5.74, 6) is -0.962. The van der Waals surface area contributed by atoms with E-state index in [4.69, 9.17) is 10.4 Å². The molecule has 0 aliphatic carbocycles. The minimum Gasteiger partial charge on any atom is -0.478 e. The Labute approximate surface area is 151 Å². The van der Waals surface area contributed by atoms with Gasteiger partial charge in [0.25, 0.3) is 0 Å². The summed E-state index contributed by atoms with van der Waals surface area (Å²) in [4.78, 5) is 14.7. The molecule has 0 aliphatic heterocycles. The fourth-order valence-corrected chi connectivity index (χ4v) is 2.28. The van der Waals surface area contributed by atoms with E-state index < -0.39 is 18.2 Å². The molecule has 0 aromatic heterocycles. The lowest BCUT2D eigenvalue weighted by atomic mass is 10.0. The molecule has 0 heterocycles. The van der Waals surface area contributed by atoms with Gasteiger partial charge in [-0.25, -0.2) is 9.68 Å². The summed E-state index contributed by atoms with van der Waals surface area (Å²) < 4.78 is 0. The normalized spacial score (nSPS) is 15.0. The molecule has 25 heavy (non-hydrogen) atoms. The van der Waals surface area contributed by atoms with Gasteiger partial charge < -0.3 is 10.2 Å². The highest BCUT2D eigenvalue weighted by molar-refractivity contribution is 5.80. The molecule has 0 rings (SSSR count). The first-order valence-electron chi connectivity index (χ1n) is 8.99.